The number of carbonyl (C=O) groups is 1. The van der Waals surface area contributed by atoms with E-state index in [2.05, 4.69) is 5.32 Å². The quantitative estimate of drug-likeness (QED) is 0.822. The van der Waals surface area contributed by atoms with Crippen LogP contribution in [0.15, 0.2) is 66.3 Å². The molecule has 4 heteroatoms. The van der Waals surface area contributed by atoms with Crippen LogP contribution in [0.1, 0.15) is 19.4 Å². The van der Waals surface area contributed by atoms with Crippen LogP contribution in [0.4, 0.5) is 5.69 Å². The second-order valence-electron chi connectivity index (χ2n) is 5.69. The molecule has 0 spiro atoms. The lowest BCUT2D eigenvalue weighted by molar-refractivity contribution is -0.111. The number of hydrogen-bond donors (Lipinski definition) is 1. The van der Waals surface area contributed by atoms with E-state index in [4.69, 9.17) is 9.47 Å². The largest absolute Gasteiger partial charge is 0.492 e. The molecule has 0 radical (unpaired) electrons. The fraction of sp³-hybridized carbons (Fsp3) is 0.190. The Balaban J connectivity index is 1.72. The molecule has 1 atom stereocenters. The van der Waals surface area contributed by atoms with Gasteiger partial charge in [-0.25, -0.2) is 0 Å². The van der Waals surface area contributed by atoms with Crippen LogP contribution in [0, 0.1) is 0 Å². The van der Waals surface area contributed by atoms with Crippen molar-refractivity contribution in [1.29, 1.82) is 0 Å². The monoisotopic (exact) mass is 335 g/mol. The lowest BCUT2D eigenvalue weighted by Gasteiger charge is -2.22. The van der Waals surface area contributed by atoms with Gasteiger partial charge in [0.05, 0.1) is 12.3 Å². The highest BCUT2D eigenvalue weighted by Crippen LogP contribution is 2.29. The number of rotatable bonds is 5. The van der Waals surface area contributed by atoms with Crippen LogP contribution in [-0.2, 0) is 4.79 Å². The average molecular weight is 335 g/mol. The predicted octanol–water partition coefficient (Wildman–Crippen LogP) is 4.44. The summed E-state index contributed by atoms with van der Waals surface area (Å²) >= 11 is 0. The number of para-hydroxylation sites is 3. The van der Waals surface area contributed by atoms with Gasteiger partial charge in [0, 0.05) is 11.6 Å². The highest BCUT2D eigenvalue weighted by Gasteiger charge is 2.16. The first kappa shape index (κ1) is 16.8. The Bertz CT molecular complexity index is 823. The minimum Gasteiger partial charge on any atom is -0.492 e. The fourth-order valence-electron chi connectivity index (χ4n) is 2.64. The predicted molar refractivity (Wildman–Crippen MR) is 99.9 cm³/mol. The van der Waals surface area contributed by atoms with Crippen molar-refractivity contribution in [3.63, 3.8) is 0 Å². The second kappa shape index (κ2) is 7.71. The number of hydrogen-bond acceptors (Lipinski definition) is 3. The number of benzene rings is 2. The van der Waals surface area contributed by atoms with Crippen molar-refractivity contribution in [2.75, 3.05) is 11.9 Å². The van der Waals surface area contributed by atoms with Crippen LogP contribution in [-0.4, -0.2) is 18.6 Å². The summed E-state index contributed by atoms with van der Waals surface area (Å²) in [5, 5.41) is 2.85. The smallest absolute Gasteiger partial charge is 0.248 e. The third-order valence-corrected chi connectivity index (χ3v) is 3.89. The zero-order valence-electron chi connectivity index (χ0n) is 14.4. The Hall–Kier alpha value is -3.01. The molecule has 1 N–H and O–H groups in total. The zero-order chi connectivity index (χ0) is 17.6. The second-order valence-corrected chi connectivity index (χ2v) is 5.69. The Kier molecular flexibility index (Phi) is 5.19. The van der Waals surface area contributed by atoms with Gasteiger partial charge in [-0.15, -0.1) is 0 Å². The average Bonchev–Trinajstić information content (AvgIpc) is 2.62. The summed E-state index contributed by atoms with van der Waals surface area (Å²) in [4.78, 5) is 12.2. The number of ether oxygens (including phenoxy) is 2. The van der Waals surface area contributed by atoms with E-state index in [9.17, 15) is 4.79 Å². The molecule has 2 aromatic carbocycles. The Morgan fingerprint density at radius 3 is 2.80 bits per heavy atom. The molecular formula is C21H21NO3. The third kappa shape index (κ3) is 4.10. The van der Waals surface area contributed by atoms with E-state index in [-0.39, 0.29) is 12.0 Å². The number of carbonyl (C=O) groups excluding carboxylic acids is 1. The van der Waals surface area contributed by atoms with E-state index >= 15 is 0 Å². The molecule has 4 nitrogen and oxygen atoms in total. The molecule has 1 heterocycles. The Labute approximate surface area is 147 Å². The summed E-state index contributed by atoms with van der Waals surface area (Å²) < 4.78 is 11.4. The van der Waals surface area contributed by atoms with Crippen molar-refractivity contribution >= 4 is 17.7 Å². The molecule has 0 saturated carbocycles. The normalized spacial score (nSPS) is 15.9. The van der Waals surface area contributed by atoms with Crippen LogP contribution in [0.3, 0.4) is 0 Å². The number of amides is 1. The highest BCUT2D eigenvalue weighted by atomic mass is 16.5. The summed E-state index contributed by atoms with van der Waals surface area (Å²) in [5.74, 6) is 1.32. The first-order valence-electron chi connectivity index (χ1n) is 8.35. The standard InChI is InChI=1S/C21H21NO3/c1-3-24-20-11-7-5-9-18(20)22-21(23)13-12-16-14-17-8-4-6-10-19(17)25-15(16)2/h4-15H,3H2,1-2H3,(H,22,23). The molecule has 1 amide bonds. The number of fused-ring (bicyclic) bond motifs is 1. The van der Waals surface area contributed by atoms with Gasteiger partial charge in [-0.1, -0.05) is 30.3 Å². The molecule has 1 aliphatic rings. The van der Waals surface area contributed by atoms with Crippen LogP contribution in [0.2, 0.25) is 0 Å². The van der Waals surface area contributed by atoms with Gasteiger partial charge in [0.1, 0.15) is 17.6 Å². The molecule has 25 heavy (non-hydrogen) atoms. The molecule has 0 fully saturated rings. The van der Waals surface area contributed by atoms with E-state index < -0.39 is 0 Å². The first-order valence-corrected chi connectivity index (χ1v) is 8.35. The lowest BCUT2D eigenvalue weighted by Crippen LogP contribution is -2.18. The van der Waals surface area contributed by atoms with Crippen LogP contribution >= 0.6 is 0 Å². The summed E-state index contributed by atoms with van der Waals surface area (Å²) in [5.41, 5.74) is 2.63. The molecule has 1 aliphatic heterocycles. The van der Waals surface area contributed by atoms with E-state index in [1.54, 1.807) is 6.08 Å². The van der Waals surface area contributed by atoms with Crippen molar-refractivity contribution in [3.05, 3.63) is 71.8 Å². The van der Waals surface area contributed by atoms with E-state index in [1.165, 1.54) is 6.08 Å². The van der Waals surface area contributed by atoms with Gasteiger partial charge in [0.2, 0.25) is 5.91 Å². The molecular weight excluding hydrogens is 314 g/mol. The topological polar surface area (TPSA) is 47.6 Å². The maximum absolute atomic E-state index is 12.2. The van der Waals surface area contributed by atoms with Crippen LogP contribution in [0.5, 0.6) is 11.5 Å². The van der Waals surface area contributed by atoms with Crippen molar-refractivity contribution in [3.8, 4) is 11.5 Å². The minimum absolute atomic E-state index is 0.102. The van der Waals surface area contributed by atoms with E-state index in [0.29, 0.717) is 18.0 Å². The highest BCUT2D eigenvalue weighted by molar-refractivity contribution is 6.00. The maximum atomic E-state index is 12.2. The summed E-state index contributed by atoms with van der Waals surface area (Å²) in [7, 11) is 0. The van der Waals surface area contributed by atoms with Gasteiger partial charge in [0.15, 0.2) is 0 Å². The summed E-state index contributed by atoms with van der Waals surface area (Å²) in [6.07, 6.45) is 5.25. The SMILES string of the molecule is CCOc1ccccc1NC(=O)C=CC1=Cc2ccccc2OC1C. The molecule has 0 aromatic heterocycles. The summed E-state index contributed by atoms with van der Waals surface area (Å²) in [6.45, 7) is 4.42. The Morgan fingerprint density at radius 1 is 1.20 bits per heavy atom. The molecule has 128 valence electrons. The minimum atomic E-state index is -0.209. The van der Waals surface area contributed by atoms with Crippen molar-refractivity contribution in [2.45, 2.75) is 20.0 Å². The lowest BCUT2D eigenvalue weighted by atomic mass is 10.0. The first-order chi connectivity index (χ1) is 12.2. The molecule has 0 aliphatic carbocycles. The number of nitrogens with one attached hydrogen (secondary N) is 1. The molecule has 1 unspecified atom stereocenters. The third-order valence-electron chi connectivity index (χ3n) is 3.89. The van der Waals surface area contributed by atoms with Crippen LogP contribution < -0.4 is 14.8 Å². The zero-order valence-corrected chi connectivity index (χ0v) is 14.4. The molecule has 2 aromatic rings. The van der Waals surface area contributed by atoms with Gasteiger partial charge >= 0.3 is 0 Å². The number of anilines is 1. The Morgan fingerprint density at radius 2 is 1.96 bits per heavy atom. The van der Waals surface area contributed by atoms with E-state index in [1.807, 2.05) is 68.5 Å². The van der Waals surface area contributed by atoms with Crippen molar-refractivity contribution < 1.29 is 14.3 Å². The fourth-order valence-corrected chi connectivity index (χ4v) is 2.64. The van der Waals surface area contributed by atoms with Gasteiger partial charge < -0.3 is 14.8 Å². The van der Waals surface area contributed by atoms with E-state index in [0.717, 1.165) is 16.9 Å². The van der Waals surface area contributed by atoms with Gasteiger partial charge in [-0.3, -0.25) is 4.79 Å². The molecule has 3 rings (SSSR count). The van der Waals surface area contributed by atoms with Crippen LogP contribution in [0.25, 0.3) is 6.08 Å². The van der Waals surface area contributed by atoms with Gasteiger partial charge in [0.25, 0.3) is 0 Å². The van der Waals surface area contributed by atoms with Gasteiger partial charge in [-0.2, -0.15) is 0 Å². The molecule has 0 saturated heterocycles. The maximum Gasteiger partial charge on any atom is 0.248 e. The summed E-state index contributed by atoms with van der Waals surface area (Å²) in [6, 6.07) is 15.2. The van der Waals surface area contributed by atoms with Gasteiger partial charge in [-0.05, 0) is 49.8 Å². The van der Waals surface area contributed by atoms with Crippen molar-refractivity contribution in [1.82, 2.24) is 0 Å². The molecule has 0 bridgehead atoms. The van der Waals surface area contributed by atoms with Crippen molar-refractivity contribution in [2.24, 2.45) is 0 Å².